The van der Waals surface area contributed by atoms with Gasteiger partial charge in [-0.2, -0.15) is 0 Å². The zero-order valence-corrected chi connectivity index (χ0v) is 13.5. The molecule has 2 rings (SSSR count). The third-order valence-corrected chi connectivity index (χ3v) is 5.05. The Morgan fingerprint density at radius 1 is 1.41 bits per heavy atom. The number of carboxylic acids is 1. The van der Waals surface area contributed by atoms with E-state index in [0.29, 0.717) is 12.8 Å². The van der Waals surface area contributed by atoms with Gasteiger partial charge in [-0.25, -0.2) is 4.79 Å². The van der Waals surface area contributed by atoms with Gasteiger partial charge in [-0.1, -0.05) is 31.5 Å². The van der Waals surface area contributed by atoms with Crippen LogP contribution < -0.4 is 0 Å². The van der Waals surface area contributed by atoms with Gasteiger partial charge in [0.25, 0.3) is 0 Å². The van der Waals surface area contributed by atoms with Crippen LogP contribution in [0.4, 0.5) is 0 Å². The van der Waals surface area contributed by atoms with Crippen molar-refractivity contribution in [3.63, 3.8) is 0 Å². The number of hydrogen-bond donors (Lipinski definition) is 1. The molecule has 4 heteroatoms. The molecule has 0 aliphatic rings. The zero-order chi connectivity index (χ0) is 15.9. The van der Waals surface area contributed by atoms with E-state index in [2.05, 4.69) is 12.3 Å². The fraction of sp³-hybridized carbons (Fsp3) is 0.389. The second-order valence-corrected chi connectivity index (χ2v) is 6.29. The monoisotopic (exact) mass is 316 g/mol. The average Bonchev–Trinajstić information content (AvgIpc) is 2.94. The maximum absolute atomic E-state index is 11.7. The van der Waals surface area contributed by atoms with Gasteiger partial charge in [0.1, 0.15) is 5.94 Å². The van der Waals surface area contributed by atoms with Crippen molar-refractivity contribution in [2.75, 3.05) is 0 Å². The summed E-state index contributed by atoms with van der Waals surface area (Å²) in [6.45, 7) is 2.10. The quantitative estimate of drug-likeness (QED) is 0.573. The summed E-state index contributed by atoms with van der Waals surface area (Å²) in [6, 6.07) is 5.93. The van der Waals surface area contributed by atoms with Crippen LogP contribution in [0.3, 0.4) is 0 Å². The number of carbonyl (C=O) groups excluding carboxylic acids is 1. The molecule has 1 atom stereocenters. The molecule has 0 fully saturated rings. The standard InChI is InChI=1S/C18H20O3S/c1-2-16-17-13(12-22-16)8-7-10-14(17)15(18(20)21)9-5-3-4-6-11-19/h6-8,10,12,15H,2-5,9H2,1H3,(H,20,21). The highest BCUT2D eigenvalue weighted by atomic mass is 32.1. The fourth-order valence-electron chi connectivity index (χ4n) is 2.82. The van der Waals surface area contributed by atoms with Crippen LogP contribution in [0.15, 0.2) is 29.7 Å². The van der Waals surface area contributed by atoms with Crippen molar-refractivity contribution in [3.05, 3.63) is 40.1 Å². The van der Waals surface area contributed by atoms with E-state index in [-0.39, 0.29) is 0 Å². The molecule has 22 heavy (non-hydrogen) atoms. The second kappa shape index (κ2) is 7.92. The van der Waals surface area contributed by atoms with Crippen LogP contribution in [0.5, 0.6) is 0 Å². The Morgan fingerprint density at radius 2 is 2.23 bits per heavy atom. The summed E-state index contributed by atoms with van der Waals surface area (Å²) in [4.78, 5) is 23.1. The molecule has 0 saturated carbocycles. The molecular formula is C18H20O3S. The molecule has 1 N–H and O–H groups in total. The smallest absolute Gasteiger partial charge is 0.310 e. The van der Waals surface area contributed by atoms with Crippen LogP contribution in [0, 0.1) is 0 Å². The molecule has 0 radical (unpaired) electrons. The molecule has 2 aromatic rings. The normalized spacial score (nSPS) is 12.0. The van der Waals surface area contributed by atoms with Gasteiger partial charge in [0.2, 0.25) is 0 Å². The Balaban J connectivity index is 2.26. The lowest BCUT2D eigenvalue weighted by Crippen LogP contribution is -2.12. The fourth-order valence-corrected chi connectivity index (χ4v) is 3.80. The van der Waals surface area contributed by atoms with E-state index >= 15 is 0 Å². The maximum atomic E-state index is 11.7. The molecule has 0 saturated heterocycles. The molecule has 0 aliphatic carbocycles. The highest BCUT2D eigenvalue weighted by Gasteiger charge is 2.22. The van der Waals surface area contributed by atoms with Gasteiger partial charge >= 0.3 is 5.97 Å². The topological polar surface area (TPSA) is 54.4 Å². The summed E-state index contributed by atoms with van der Waals surface area (Å²) < 4.78 is 0. The number of carboxylic acid groups (broad SMARTS) is 1. The van der Waals surface area contributed by atoms with Gasteiger partial charge in [0.15, 0.2) is 0 Å². The van der Waals surface area contributed by atoms with Crippen molar-refractivity contribution in [1.29, 1.82) is 0 Å². The number of allylic oxidation sites excluding steroid dienone is 1. The molecule has 1 unspecified atom stereocenters. The third kappa shape index (κ3) is 3.65. The number of fused-ring (bicyclic) bond motifs is 1. The number of rotatable bonds is 8. The van der Waals surface area contributed by atoms with Crippen LogP contribution in [0.1, 0.15) is 49.0 Å². The number of hydrogen-bond acceptors (Lipinski definition) is 3. The van der Waals surface area contributed by atoms with Gasteiger partial charge in [-0.15, -0.1) is 11.3 Å². The van der Waals surface area contributed by atoms with Gasteiger partial charge < -0.3 is 5.11 Å². The van der Waals surface area contributed by atoms with Crippen LogP contribution in [-0.4, -0.2) is 17.0 Å². The van der Waals surface area contributed by atoms with Gasteiger partial charge in [0, 0.05) is 4.88 Å². The first kappa shape index (κ1) is 16.5. The number of aliphatic carboxylic acids is 1. The predicted molar refractivity (Wildman–Crippen MR) is 90.3 cm³/mol. The first-order valence-electron chi connectivity index (χ1n) is 7.60. The van der Waals surface area contributed by atoms with Crippen LogP contribution in [-0.2, 0) is 16.0 Å². The van der Waals surface area contributed by atoms with Crippen LogP contribution in [0.2, 0.25) is 0 Å². The number of thiophene rings is 1. The molecule has 1 aromatic heterocycles. The number of benzene rings is 1. The minimum Gasteiger partial charge on any atom is -0.481 e. The average molecular weight is 316 g/mol. The second-order valence-electron chi connectivity index (χ2n) is 5.32. The lowest BCUT2D eigenvalue weighted by atomic mass is 9.89. The van der Waals surface area contributed by atoms with Crippen molar-refractivity contribution >= 4 is 34.0 Å². The molecule has 1 heterocycles. The first-order valence-corrected chi connectivity index (χ1v) is 8.48. The van der Waals surface area contributed by atoms with Crippen LogP contribution in [0.25, 0.3) is 10.8 Å². The van der Waals surface area contributed by atoms with Gasteiger partial charge in [-0.05, 0) is 53.5 Å². The molecular weight excluding hydrogens is 296 g/mol. The minimum atomic E-state index is -0.772. The minimum absolute atomic E-state index is 0.483. The Morgan fingerprint density at radius 3 is 2.91 bits per heavy atom. The molecule has 0 spiro atoms. The predicted octanol–water partition coefficient (Wildman–Crippen LogP) is 4.58. The molecule has 3 nitrogen and oxygen atoms in total. The number of carbonyl (C=O) groups is 1. The van der Waals surface area contributed by atoms with Crippen molar-refractivity contribution in [1.82, 2.24) is 0 Å². The maximum Gasteiger partial charge on any atom is 0.310 e. The van der Waals surface area contributed by atoms with Crippen LogP contribution >= 0.6 is 11.3 Å². The Bertz CT molecular complexity index is 695. The third-order valence-electron chi connectivity index (χ3n) is 3.91. The van der Waals surface area contributed by atoms with Gasteiger partial charge in [-0.3, -0.25) is 4.79 Å². The Hall–Kier alpha value is -1.90. The summed E-state index contributed by atoms with van der Waals surface area (Å²) in [7, 11) is 0. The van der Waals surface area contributed by atoms with Crippen molar-refractivity contribution < 1.29 is 14.7 Å². The lowest BCUT2D eigenvalue weighted by Gasteiger charge is -2.15. The van der Waals surface area contributed by atoms with E-state index in [9.17, 15) is 14.7 Å². The van der Waals surface area contributed by atoms with E-state index in [0.717, 1.165) is 35.6 Å². The Kier molecular flexibility index (Phi) is 5.93. The summed E-state index contributed by atoms with van der Waals surface area (Å²) in [5, 5.41) is 14.0. The molecule has 0 aliphatic heterocycles. The highest BCUT2D eigenvalue weighted by molar-refractivity contribution is 7.11. The molecule has 1 aromatic carbocycles. The van der Waals surface area contributed by atoms with E-state index < -0.39 is 11.9 Å². The van der Waals surface area contributed by atoms with Crippen molar-refractivity contribution in [3.8, 4) is 0 Å². The van der Waals surface area contributed by atoms with E-state index in [1.165, 1.54) is 11.0 Å². The highest BCUT2D eigenvalue weighted by Crippen LogP contribution is 2.35. The molecule has 0 bridgehead atoms. The zero-order valence-electron chi connectivity index (χ0n) is 12.7. The summed E-state index contributed by atoms with van der Waals surface area (Å²) in [6.07, 6.45) is 5.25. The van der Waals surface area contributed by atoms with E-state index in [1.807, 2.05) is 18.2 Å². The SMILES string of the molecule is CCc1scc2cccc(C(CCCCC=C=O)C(=O)O)c12. The van der Waals surface area contributed by atoms with E-state index in [1.54, 1.807) is 17.3 Å². The lowest BCUT2D eigenvalue weighted by molar-refractivity contribution is -0.139. The molecule has 0 amide bonds. The van der Waals surface area contributed by atoms with E-state index in [4.69, 9.17) is 0 Å². The largest absolute Gasteiger partial charge is 0.481 e. The summed E-state index contributed by atoms with van der Waals surface area (Å²) in [5.74, 6) is 0.502. The summed E-state index contributed by atoms with van der Waals surface area (Å²) >= 11 is 1.70. The van der Waals surface area contributed by atoms with Crippen molar-refractivity contribution in [2.24, 2.45) is 0 Å². The van der Waals surface area contributed by atoms with Gasteiger partial charge in [0.05, 0.1) is 5.92 Å². The molecule has 116 valence electrons. The summed E-state index contributed by atoms with van der Waals surface area (Å²) in [5.41, 5.74) is 0.925. The number of unbranched alkanes of at least 4 members (excludes halogenated alkanes) is 2. The first-order chi connectivity index (χ1) is 10.7. The van der Waals surface area contributed by atoms with Crippen molar-refractivity contribution in [2.45, 2.75) is 44.9 Å². The number of aryl methyl sites for hydroxylation is 1. The Labute approximate surface area is 134 Å².